The molecule has 15 heavy (non-hydrogen) atoms. The third kappa shape index (κ3) is 10.8. The molecule has 0 aliphatic heterocycles. The highest BCUT2D eigenvalue weighted by atomic mass is 16.4. The Morgan fingerprint density at radius 1 is 1.27 bits per heavy atom. The Bertz CT molecular complexity index is 197. The van der Waals surface area contributed by atoms with Crippen LogP contribution in [0, 0.1) is 11.3 Å². The number of aliphatic carboxylic acids is 1. The molecule has 0 saturated carbocycles. The number of carboxylic acid groups (broad SMARTS) is 1. The molecule has 0 spiro atoms. The van der Waals surface area contributed by atoms with E-state index in [-0.39, 0.29) is 12.8 Å². The molecule has 0 amide bonds. The van der Waals surface area contributed by atoms with E-state index in [4.69, 9.17) is 5.26 Å². The molecule has 0 rings (SSSR count). The quantitative estimate of drug-likeness (QED) is 0.627. The molecule has 0 atom stereocenters. The van der Waals surface area contributed by atoms with Crippen LogP contribution in [0.25, 0.3) is 0 Å². The summed E-state index contributed by atoms with van der Waals surface area (Å²) in [6, 6.07) is 1.68. The van der Waals surface area contributed by atoms with Gasteiger partial charge in [-0.05, 0) is 27.2 Å². The largest absolute Gasteiger partial charge is 0.550 e. The minimum absolute atomic E-state index is 0.0440. The summed E-state index contributed by atoms with van der Waals surface area (Å²) in [6.45, 7) is 10.5. The Morgan fingerprint density at radius 3 is 1.73 bits per heavy atom. The Labute approximate surface area is 92.7 Å². The van der Waals surface area contributed by atoms with E-state index in [1.165, 1.54) is 24.1 Å². The van der Waals surface area contributed by atoms with Gasteiger partial charge in [0, 0.05) is 12.4 Å². The van der Waals surface area contributed by atoms with Crippen LogP contribution in [0.15, 0.2) is 0 Å². The Kier molecular flexibility index (Phi) is 10.3. The maximum Gasteiger partial charge on any atom is 0.0755 e. The summed E-state index contributed by atoms with van der Waals surface area (Å²) in [5.41, 5.74) is 0. The van der Waals surface area contributed by atoms with Gasteiger partial charge in [-0.15, -0.1) is 0 Å². The van der Waals surface area contributed by atoms with Crippen molar-refractivity contribution in [2.45, 2.75) is 33.6 Å². The SMILES string of the molecule is CC[N+](C)(CC)CC.N#CCCC(=O)[O-]. The van der Waals surface area contributed by atoms with Crippen molar-refractivity contribution in [2.24, 2.45) is 0 Å². The first-order valence-corrected chi connectivity index (χ1v) is 5.36. The van der Waals surface area contributed by atoms with Crippen LogP contribution in [0.3, 0.4) is 0 Å². The van der Waals surface area contributed by atoms with Crippen LogP contribution < -0.4 is 5.11 Å². The van der Waals surface area contributed by atoms with E-state index in [0.29, 0.717) is 0 Å². The number of nitriles is 1. The molecule has 0 aromatic heterocycles. The van der Waals surface area contributed by atoms with E-state index in [1.807, 2.05) is 0 Å². The van der Waals surface area contributed by atoms with Gasteiger partial charge in [0.1, 0.15) is 0 Å². The molecule has 0 aliphatic rings. The standard InChI is InChI=1S/C7H18N.C4H5NO2/c1-5-8(4,6-2)7-3;5-3-1-2-4(6)7/h5-7H2,1-4H3;1-2H2,(H,6,7)/q+1;/p-1. The molecule has 0 aliphatic carbocycles. The van der Waals surface area contributed by atoms with Crippen molar-refractivity contribution in [1.82, 2.24) is 0 Å². The first-order chi connectivity index (χ1) is 6.95. The second kappa shape index (κ2) is 9.47. The van der Waals surface area contributed by atoms with Gasteiger partial charge in [-0.3, -0.25) is 0 Å². The van der Waals surface area contributed by atoms with Crippen LogP contribution in [0.2, 0.25) is 0 Å². The lowest BCUT2D eigenvalue weighted by Crippen LogP contribution is -2.42. The summed E-state index contributed by atoms with van der Waals surface area (Å²) in [7, 11) is 2.29. The van der Waals surface area contributed by atoms with Crippen molar-refractivity contribution >= 4 is 5.97 Å². The zero-order valence-electron chi connectivity index (χ0n) is 10.2. The van der Waals surface area contributed by atoms with Crippen LogP contribution in [-0.2, 0) is 4.79 Å². The topological polar surface area (TPSA) is 63.9 Å². The number of carbonyl (C=O) groups is 1. The first-order valence-electron chi connectivity index (χ1n) is 5.36. The maximum absolute atomic E-state index is 9.50. The first kappa shape index (κ1) is 16.4. The molecule has 0 N–H and O–H groups in total. The predicted molar refractivity (Wildman–Crippen MR) is 57.7 cm³/mol. The average molecular weight is 214 g/mol. The monoisotopic (exact) mass is 214 g/mol. The summed E-state index contributed by atoms with van der Waals surface area (Å²) >= 11 is 0. The predicted octanol–water partition coefficient (Wildman–Crippen LogP) is 0.533. The number of carboxylic acids is 1. The summed E-state index contributed by atoms with van der Waals surface area (Å²) < 4.78 is 1.21. The minimum Gasteiger partial charge on any atom is -0.550 e. The van der Waals surface area contributed by atoms with Crippen LogP contribution in [0.4, 0.5) is 0 Å². The highest BCUT2D eigenvalue weighted by Gasteiger charge is 2.10. The number of nitrogens with zero attached hydrogens (tertiary/aromatic N) is 2. The van der Waals surface area contributed by atoms with Crippen molar-refractivity contribution in [3.8, 4) is 6.07 Å². The van der Waals surface area contributed by atoms with E-state index >= 15 is 0 Å². The van der Waals surface area contributed by atoms with Gasteiger partial charge in [0.15, 0.2) is 0 Å². The van der Waals surface area contributed by atoms with Crippen LogP contribution in [0.5, 0.6) is 0 Å². The number of carbonyl (C=O) groups excluding carboxylic acids is 1. The molecule has 0 unspecified atom stereocenters. The molecule has 0 bridgehead atoms. The fourth-order valence-corrected chi connectivity index (χ4v) is 0.829. The van der Waals surface area contributed by atoms with Crippen molar-refractivity contribution in [1.29, 1.82) is 5.26 Å². The van der Waals surface area contributed by atoms with Gasteiger partial charge in [0.25, 0.3) is 0 Å². The Hall–Kier alpha value is -1.08. The van der Waals surface area contributed by atoms with Gasteiger partial charge < -0.3 is 14.4 Å². The van der Waals surface area contributed by atoms with Crippen molar-refractivity contribution in [3.05, 3.63) is 0 Å². The zero-order chi connectivity index (χ0) is 12.3. The van der Waals surface area contributed by atoms with Gasteiger partial charge in [-0.2, -0.15) is 5.26 Å². The Balaban J connectivity index is 0. The van der Waals surface area contributed by atoms with Gasteiger partial charge in [-0.25, -0.2) is 0 Å². The average Bonchev–Trinajstić information content (AvgIpc) is 2.26. The molecule has 0 heterocycles. The molecule has 4 heteroatoms. The molecule has 4 nitrogen and oxygen atoms in total. The fraction of sp³-hybridized carbons (Fsp3) is 0.818. The summed E-state index contributed by atoms with van der Waals surface area (Å²) in [5, 5.41) is 17.3. The molecule has 0 aromatic carbocycles. The van der Waals surface area contributed by atoms with E-state index in [1.54, 1.807) is 6.07 Å². The number of hydrogen-bond donors (Lipinski definition) is 0. The van der Waals surface area contributed by atoms with Crippen molar-refractivity contribution < 1.29 is 14.4 Å². The summed E-state index contributed by atoms with van der Waals surface area (Å²) in [6.07, 6.45) is -0.112. The van der Waals surface area contributed by atoms with E-state index < -0.39 is 5.97 Å². The molecular formula is C11H22N2O2. The second-order valence-corrected chi connectivity index (χ2v) is 3.60. The van der Waals surface area contributed by atoms with Crippen molar-refractivity contribution in [3.63, 3.8) is 0 Å². The summed E-state index contributed by atoms with van der Waals surface area (Å²) in [4.78, 5) is 9.50. The second-order valence-electron chi connectivity index (χ2n) is 3.60. The summed E-state index contributed by atoms with van der Waals surface area (Å²) in [5.74, 6) is -1.17. The zero-order valence-corrected chi connectivity index (χ0v) is 10.2. The fourth-order valence-electron chi connectivity index (χ4n) is 0.829. The highest BCUT2D eigenvalue weighted by Crippen LogP contribution is 1.97. The van der Waals surface area contributed by atoms with Crippen LogP contribution in [0.1, 0.15) is 33.6 Å². The number of hydrogen-bond acceptors (Lipinski definition) is 3. The van der Waals surface area contributed by atoms with Gasteiger partial charge in [0.2, 0.25) is 0 Å². The molecule has 0 radical (unpaired) electrons. The third-order valence-electron chi connectivity index (χ3n) is 2.73. The number of rotatable bonds is 5. The lowest BCUT2D eigenvalue weighted by molar-refractivity contribution is -0.904. The van der Waals surface area contributed by atoms with Gasteiger partial charge >= 0.3 is 0 Å². The molecule has 88 valence electrons. The molecule has 0 saturated heterocycles. The number of quaternary nitrogens is 1. The van der Waals surface area contributed by atoms with E-state index in [0.717, 1.165) is 0 Å². The third-order valence-corrected chi connectivity index (χ3v) is 2.73. The lowest BCUT2D eigenvalue weighted by atomic mass is 10.3. The molecule has 0 fully saturated rings. The highest BCUT2D eigenvalue weighted by molar-refractivity contribution is 5.64. The van der Waals surface area contributed by atoms with E-state index in [2.05, 4.69) is 27.8 Å². The van der Waals surface area contributed by atoms with E-state index in [9.17, 15) is 9.90 Å². The molecule has 0 aromatic rings. The smallest absolute Gasteiger partial charge is 0.0755 e. The van der Waals surface area contributed by atoms with Gasteiger partial charge in [0.05, 0.1) is 32.8 Å². The molecular weight excluding hydrogens is 192 g/mol. The Morgan fingerprint density at radius 2 is 1.67 bits per heavy atom. The maximum atomic E-state index is 9.50. The van der Waals surface area contributed by atoms with Crippen LogP contribution >= 0.6 is 0 Å². The van der Waals surface area contributed by atoms with Crippen molar-refractivity contribution in [2.75, 3.05) is 26.7 Å². The van der Waals surface area contributed by atoms with Crippen LogP contribution in [-0.4, -0.2) is 37.1 Å². The van der Waals surface area contributed by atoms with Gasteiger partial charge in [-0.1, -0.05) is 0 Å². The normalized spacial score (nSPS) is 9.80. The lowest BCUT2D eigenvalue weighted by Gasteiger charge is -2.30. The minimum atomic E-state index is -1.17.